The maximum atomic E-state index is 15.1. The maximum absolute atomic E-state index is 15.1. The Kier molecular flexibility index (Phi) is 5.86. The fraction of sp³-hybridized carbons (Fsp3) is 0.478. The number of nitrogens with one attached hydrogen (secondary N) is 1. The molecule has 3 aromatic rings. The van der Waals surface area contributed by atoms with Crippen LogP contribution < -0.4 is 15.6 Å². The van der Waals surface area contributed by atoms with Crippen LogP contribution in [0.25, 0.3) is 22.4 Å². The quantitative estimate of drug-likeness (QED) is 0.533. The summed E-state index contributed by atoms with van der Waals surface area (Å²) in [4.78, 5) is 18.3. The van der Waals surface area contributed by atoms with Crippen LogP contribution in [-0.2, 0) is 6.42 Å². The first kappa shape index (κ1) is 23.5. The highest BCUT2D eigenvalue weighted by Gasteiger charge is 2.42. The van der Waals surface area contributed by atoms with Crippen LogP contribution in [0.1, 0.15) is 31.4 Å². The average molecular weight is 493 g/mol. The van der Waals surface area contributed by atoms with Gasteiger partial charge in [0.25, 0.3) is 0 Å². The van der Waals surface area contributed by atoms with Crippen molar-refractivity contribution in [1.29, 1.82) is 0 Å². The highest BCUT2D eigenvalue weighted by molar-refractivity contribution is 5.85. The molecule has 35 heavy (non-hydrogen) atoms. The summed E-state index contributed by atoms with van der Waals surface area (Å²) in [5, 5.41) is 21.9. The van der Waals surface area contributed by atoms with E-state index in [9.17, 15) is 23.1 Å². The largest absolute Gasteiger partial charge is 0.507 e. The minimum absolute atomic E-state index is 0.000651. The van der Waals surface area contributed by atoms with Crippen molar-refractivity contribution in [2.45, 2.75) is 62.6 Å². The van der Waals surface area contributed by atoms with Crippen molar-refractivity contribution in [2.75, 3.05) is 11.9 Å². The number of hydrogen-bond acceptors (Lipinski definition) is 8. The molecule has 2 aliphatic heterocycles. The molecule has 186 valence electrons. The molecule has 0 spiro atoms. The van der Waals surface area contributed by atoms with Crippen molar-refractivity contribution in [2.24, 2.45) is 0 Å². The molecule has 0 aliphatic carbocycles. The van der Waals surface area contributed by atoms with Crippen LogP contribution in [0.15, 0.2) is 33.6 Å². The molecule has 2 saturated heterocycles. The molecule has 2 aromatic heterocycles. The standard InChI is InChI=1S/C23H23F4N5O3/c1-32(16-5-11-3-2-4-15(29-11)21(16)24)20-10-28-22(31-30-20)14-7-13-17(33)6-12(9-23(25,26)27)35-19(13)8-18(14)34/h6-8,10-11,15-16,21,29,34H,2-5,9H2,1H3/t11?,15?,16-,21+/m1/s1. The highest BCUT2D eigenvalue weighted by Crippen LogP contribution is 2.34. The lowest BCUT2D eigenvalue weighted by Crippen LogP contribution is -2.61. The van der Waals surface area contributed by atoms with Crippen molar-refractivity contribution in [3.8, 4) is 17.1 Å². The number of aromatic hydroxyl groups is 1. The number of fused-ring (bicyclic) bond motifs is 3. The summed E-state index contributed by atoms with van der Waals surface area (Å²) in [6.45, 7) is 0. The number of anilines is 1. The predicted molar refractivity (Wildman–Crippen MR) is 119 cm³/mol. The van der Waals surface area contributed by atoms with Gasteiger partial charge in [-0.1, -0.05) is 6.42 Å². The molecule has 2 unspecified atom stereocenters. The van der Waals surface area contributed by atoms with Gasteiger partial charge in [-0.2, -0.15) is 13.2 Å². The minimum atomic E-state index is -4.55. The van der Waals surface area contributed by atoms with Gasteiger partial charge in [0.1, 0.15) is 29.7 Å². The number of nitrogens with zero attached hydrogens (tertiary/aromatic N) is 4. The van der Waals surface area contributed by atoms with E-state index in [4.69, 9.17) is 4.42 Å². The first-order valence-electron chi connectivity index (χ1n) is 11.3. The lowest BCUT2D eigenvalue weighted by molar-refractivity contribution is -0.130. The Morgan fingerprint density at radius 2 is 2.03 bits per heavy atom. The monoisotopic (exact) mass is 493 g/mol. The number of phenolic OH excluding ortho intramolecular Hbond substituents is 1. The van der Waals surface area contributed by atoms with Crippen LogP contribution in [0.3, 0.4) is 0 Å². The van der Waals surface area contributed by atoms with E-state index in [1.807, 2.05) is 0 Å². The predicted octanol–water partition coefficient (Wildman–Crippen LogP) is 3.51. The summed E-state index contributed by atoms with van der Waals surface area (Å²) in [5.74, 6) is -0.583. The first-order valence-corrected chi connectivity index (χ1v) is 11.3. The van der Waals surface area contributed by atoms with Gasteiger partial charge in [-0.15, -0.1) is 10.2 Å². The van der Waals surface area contributed by atoms with Gasteiger partial charge in [0.05, 0.1) is 23.2 Å². The molecule has 2 aliphatic rings. The maximum Gasteiger partial charge on any atom is 0.396 e. The van der Waals surface area contributed by atoms with Crippen LogP contribution in [0.5, 0.6) is 5.75 Å². The normalized spacial score (nSPS) is 24.5. The van der Waals surface area contributed by atoms with E-state index in [-0.39, 0.29) is 46.2 Å². The average Bonchev–Trinajstić information content (AvgIpc) is 2.80. The zero-order chi connectivity index (χ0) is 24.9. The Hall–Kier alpha value is -3.28. The second-order valence-corrected chi connectivity index (χ2v) is 9.13. The SMILES string of the molecule is CN(c1cnc(-c2cc3c(=O)cc(CC(F)(F)F)oc3cc2O)nn1)[C@@H]1CC2CCCC(N2)[C@@H]1F. The molecule has 0 radical (unpaired) electrons. The number of benzene rings is 1. The van der Waals surface area contributed by atoms with E-state index in [1.165, 1.54) is 12.3 Å². The molecule has 4 atom stereocenters. The van der Waals surface area contributed by atoms with E-state index in [1.54, 1.807) is 11.9 Å². The summed E-state index contributed by atoms with van der Waals surface area (Å²) in [7, 11) is 1.74. The Balaban J connectivity index is 1.41. The topological polar surface area (TPSA) is 104 Å². The van der Waals surface area contributed by atoms with Gasteiger partial charge in [-0.25, -0.2) is 9.37 Å². The van der Waals surface area contributed by atoms with Crippen LogP contribution in [0.2, 0.25) is 0 Å². The first-order chi connectivity index (χ1) is 16.6. The molecule has 2 bridgehead atoms. The van der Waals surface area contributed by atoms with Crippen molar-refractivity contribution < 1.29 is 27.1 Å². The van der Waals surface area contributed by atoms with Crippen LogP contribution in [0.4, 0.5) is 23.4 Å². The molecule has 1 aromatic carbocycles. The molecule has 2 N–H and O–H groups in total. The number of halogens is 4. The minimum Gasteiger partial charge on any atom is -0.507 e. The Labute approximate surface area is 197 Å². The number of phenols is 1. The third-order valence-electron chi connectivity index (χ3n) is 6.72. The smallest absolute Gasteiger partial charge is 0.396 e. The second kappa shape index (κ2) is 8.74. The molecular formula is C23H23F4N5O3. The van der Waals surface area contributed by atoms with Gasteiger partial charge in [0.15, 0.2) is 17.1 Å². The number of piperidine rings is 2. The summed E-state index contributed by atoms with van der Waals surface area (Å²) in [6.07, 6.45) is -2.17. The molecule has 0 saturated carbocycles. The van der Waals surface area contributed by atoms with Crippen LogP contribution >= 0.6 is 0 Å². The van der Waals surface area contributed by atoms with Gasteiger partial charge in [-0.3, -0.25) is 4.79 Å². The van der Waals surface area contributed by atoms with Gasteiger partial charge >= 0.3 is 6.18 Å². The Morgan fingerprint density at radius 3 is 2.74 bits per heavy atom. The van der Waals surface area contributed by atoms with Gasteiger partial charge in [0, 0.05) is 31.3 Å². The van der Waals surface area contributed by atoms with Crippen molar-refractivity contribution >= 4 is 16.8 Å². The molecule has 2 fully saturated rings. The van der Waals surface area contributed by atoms with E-state index in [0.29, 0.717) is 12.2 Å². The van der Waals surface area contributed by atoms with Gasteiger partial charge in [-0.05, 0) is 25.3 Å². The van der Waals surface area contributed by atoms with Gasteiger partial charge in [0.2, 0.25) is 0 Å². The third-order valence-corrected chi connectivity index (χ3v) is 6.72. The van der Waals surface area contributed by atoms with Crippen LogP contribution in [0, 0.1) is 0 Å². The fourth-order valence-electron chi connectivity index (χ4n) is 4.98. The number of hydrogen-bond donors (Lipinski definition) is 2. The van der Waals surface area contributed by atoms with Gasteiger partial charge < -0.3 is 19.7 Å². The second-order valence-electron chi connectivity index (χ2n) is 9.13. The van der Waals surface area contributed by atoms with E-state index >= 15 is 4.39 Å². The summed E-state index contributed by atoms with van der Waals surface area (Å²) >= 11 is 0. The Bertz CT molecular complexity index is 1300. The molecule has 0 amide bonds. The number of alkyl halides is 4. The van der Waals surface area contributed by atoms with E-state index in [2.05, 4.69) is 20.5 Å². The van der Waals surface area contributed by atoms with Crippen molar-refractivity contribution in [3.63, 3.8) is 0 Å². The molecule has 12 heteroatoms. The highest BCUT2D eigenvalue weighted by atomic mass is 19.4. The molecule has 8 nitrogen and oxygen atoms in total. The lowest BCUT2D eigenvalue weighted by Gasteiger charge is -2.45. The van der Waals surface area contributed by atoms with E-state index in [0.717, 1.165) is 31.4 Å². The lowest BCUT2D eigenvalue weighted by atomic mass is 9.82. The summed E-state index contributed by atoms with van der Waals surface area (Å²) < 4.78 is 58.2. The van der Waals surface area contributed by atoms with Crippen molar-refractivity contribution in [1.82, 2.24) is 20.5 Å². The summed E-state index contributed by atoms with van der Waals surface area (Å²) in [6, 6.07) is 2.77. The van der Waals surface area contributed by atoms with Crippen molar-refractivity contribution in [3.05, 3.63) is 40.4 Å². The third kappa shape index (κ3) is 4.66. The molecular weight excluding hydrogens is 470 g/mol. The zero-order valence-electron chi connectivity index (χ0n) is 18.7. The Morgan fingerprint density at radius 1 is 1.23 bits per heavy atom. The molecule has 4 heterocycles. The zero-order valence-corrected chi connectivity index (χ0v) is 18.7. The summed E-state index contributed by atoms with van der Waals surface area (Å²) in [5.41, 5.74) is -0.816. The van der Waals surface area contributed by atoms with E-state index < -0.39 is 30.0 Å². The number of rotatable bonds is 4. The number of aromatic nitrogens is 3. The fourth-order valence-corrected chi connectivity index (χ4v) is 4.98. The molecule has 5 rings (SSSR count). The van der Waals surface area contributed by atoms with Crippen LogP contribution in [-0.4, -0.2) is 57.8 Å².